The van der Waals surface area contributed by atoms with Crippen molar-refractivity contribution in [2.24, 2.45) is 5.92 Å². The molecule has 1 aliphatic carbocycles. The molecule has 0 bridgehead atoms. The van der Waals surface area contributed by atoms with Crippen LogP contribution >= 0.6 is 0 Å². The zero-order valence-corrected chi connectivity index (χ0v) is 10.7. The monoisotopic (exact) mass is 243 g/mol. The number of fused-ring (bicyclic) bond motifs is 1. The third-order valence-electron chi connectivity index (χ3n) is 3.75. The summed E-state index contributed by atoms with van der Waals surface area (Å²) in [5, 5.41) is 5.47. The first-order valence-corrected chi connectivity index (χ1v) is 6.73. The van der Waals surface area contributed by atoms with Gasteiger partial charge in [-0.15, -0.1) is 0 Å². The molecule has 0 unspecified atom stereocenters. The molecule has 1 fully saturated rings. The van der Waals surface area contributed by atoms with Crippen LogP contribution in [0, 0.1) is 11.7 Å². The van der Waals surface area contributed by atoms with Crippen LogP contribution in [-0.4, -0.2) is 6.54 Å². The number of nitrogens with one attached hydrogen (secondary N) is 1. The van der Waals surface area contributed by atoms with Crippen molar-refractivity contribution in [1.29, 1.82) is 0 Å². The standard InChI is InChI=1S/C16H18FN/c1-2-12-4-3-5-14-13(12)8-9-15(17)16(14)18-10-11-6-7-11/h3-5,8-9,11,18H,2,6-7,10H2,1H3. The van der Waals surface area contributed by atoms with E-state index in [0.717, 1.165) is 24.3 Å². The van der Waals surface area contributed by atoms with E-state index in [1.165, 1.54) is 23.8 Å². The molecule has 0 heterocycles. The van der Waals surface area contributed by atoms with Gasteiger partial charge in [0, 0.05) is 11.9 Å². The predicted molar refractivity (Wildman–Crippen MR) is 74.5 cm³/mol. The smallest absolute Gasteiger partial charge is 0.146 e. The lowest BCUT2D eigenvalue weighted by Gasteiger charge is -2.12. The number of hydrogen-bond donors (Lipinski definition) is 1. The van der Waals surface area contributed by atoms with Gasteiger partial charge >= 0.3 is 0 Å². The predicted octanol–water partition coefficient (Wildman–Crippen LogP) is 4.36. The summed E-state index contributed by atoms with van der Waals surface area (Å²) in [7, 11) is 0. The van der Waals surface area contributed by atoms with Crippen molar-refractivity contribution in [2.45, 2.75) is 26.2 Å². The van der Waals surface area contributed by atoms with Gasteiger partial charge in [0.2, 0.25) is 0 Å². The van der Waals surface area contributed by atoms with Gasteiger partial charge in [0.1, 0.15) is 5.82 Å². The fraction of sp³-hybridized carbons (Fsp3) is 0.375. The van der Waals surface area contributed by atoms with Gasteiger partial charge in [0.05, 0.1) is 5.69 Å². The molecule has 18 heavy (non-hydrogen) atoms. The lowest BCUT2D eigenvalue weighted by molar-refractivity contribution is 0.631. The Morgan fingerprint density at radius 3 is 2.72 bits per heavy atom. The quantitative estimate of drug-likeness (QED) is 0.841. The van der Waals surface area contributed by atoms with Crippen molar-refractivity contribution in [3.8, 4) is 0 Å². The van der Waals surface area contributed by atoms with Crippen molar-refractivity contribution in [3.05, 3.63) is 41.7 Å². The average Bonchev–Trinajstić information content (AvgIpc) is 3.20. The number of benzene rings is 2. The van der Waals surface area contributed by atoms with E-state index in [0.29, 0.717) is 5.69 Å². The lowest BCUT2D eigenvalue weighted by atomic mass is 10.0. The van der Waals surface area contributed by atoms with Crippen molar-refractivity contribution < 1.29 is 4.39 Å². The van der Waals surface area contributed by atoms with Gasteiger partial charge in [-0.25, -0.2) is 4.39 Å². The second kappa shape index (κ2) is 4.60. The molecule has 0 amide bonds. The van der Waals surface area contributed by atoms with Gasteiger partial charge in [0.25, 0.3) is 0 Å². The van der Waals surface area contributed by atoms with E-state index in [2.05, 4.69) is 18.3 Å². The van der Waals surface area contributed by atoms with Crippen molar-refractivity contribution >= 4 is 16.5 Å². The maximum atomic E-state index is 14.0. The first-order chi connectivity index (χ1) is 8.79. The number of rotatable bonds is 4. The second-order valence-electron chi connectivity index (χ2n) is 5.11. The highest BCUT2D eigenvalue weighted by molar-refractivity contribution is 5.96. The van der Waals surface area contributed by atoms with E-state index in [9.17, 15) is 4.39 Å². The summed E-state index contributed by atoms with van der Waals surface area (Å²) < 4.78 is 14.0. The minimum atomic E-state index is -0.142. The zero-order chi connectivity index (χ0) is 12.5. The van der Waals surface area contributed by atoms with Crippen LogP contribution in [0.1, 0.15) is 25.3 Å². The molecular formula is C16H18FN. The minimum absolute atomic E-state index is 0.142. The molecule has 1 saturated carbocycles. The summed E-state index contributed by atoms with van der Waals surface area (Å²) in [6, 6.07) is 9.61. The van der Waals surface area contributed by atoms with Crippen LogP contribution in [0.2, 0.25) is 0 Å². The summed E-state index contributed by atoms with van der Waals surface area (Å²) in [5.41, 5.74) is 1.96. The van der Waals surface area contributed by atoms with Crippen molar-refractivity contribution in [2.75, 3.05) is 11.9 Å². The number of anilines is 1. The van der Waals surface area contributed by atoms with Gasteiger partial charge in [-0.05, 0) is 42.2 Å². The molecule has 1 aliphatic rings. The highest BCUT2D eigenvalue weighted by Crippen LogP contribution is 2.32. The fourth-order valence-corrected chi connectivity index (χ4v) is 2.45. The Hall–Kier alpha value is -1.57. The van der Waals surface area contributed by atoms with Crippen LogP contribution in [0.3, 0.4) is 0 Å². The second-order valence-corrected chi connectivity index (χ2v) is 5.11. The largest absolute Gasteiger partial charge is 0.382 e. The molecule has 0 atom stereocenters. The van der Waals surface area contributed by atoms with Gasteiger partial charge in [-0.3, -0.25) is 0 Å². The van der Waals surface area contributed by atoms with Gasteiger partial charge in [-0.1, -0.05) is 31.2 Å². The number of hydrogen-bond acceptors (Lipinski definition) is 1. The maximum absolute atomic E-state index is 14.0. The average molecular weight is 243 g/mol. The van der Waals surface area contributed by atoms with Crippen LogP contribution in [0.5, 0.6) is 0 Å². The molecule has 2 heteroatoms. The molecule has 0 spiro atoms. The third kappa shape index (κ3) is 2.07. The normalized spacial score (nSPS) is 15.0. The lowest BCUT2D eigenvalue weighted by Crippen LogP contribution is -2.05. The van der Waals surface area contributed by atoms with E-state index in [1.807, 2.05) is 18.2 Å². The Balaban J connectivity index is 2.06. The molecular weight excluding hydrogens is 225 g/mol. The summed E-state index contributed by atoms with van der Waals surface area (Å²) in [6.45, 7) is 3.03. The van der Waals surface area contributed by atoms with Crippen LogP contribution in [0.15, 0.2) is 30.3 Å². The third-order valence-corrected chi connectivity index (χ3v) is 3.75. The molecule has 0 aromatic heterocycles. The van der Waals surface area contributed by atoms with Crippen LogP contribution in [-0.2, 0) is 6.42 Å². The highest BCUT2D eigenvalue weighted by Gasteiger charge is 2.21. The van der Waals surface area contributed by atoms with Crippen molar-refractivity contribution in [1.82, 2.24) is 0 Å². The van der Waals surface area contributed by atoms with Gasteiger partial charge < -0.3 is 5.32 Å². The van der Waals surface area contributed by atoms with Crippen molar-refractivity contribution in [3.63, 3.8) is 0 Å². The Labute approximate surface area is 107 Å². The van der Waals surface area contributed by atoms with E-state index in [4.69, 9.17) is 0 Å². The summed E-state index contributed by atoms with van der Waals surface area (Å²) >= 11 is 0. The molecule has 1 N–H and O–H groups in total. The molecule has 3 rings (SSSR count). The van der Waals surface area contributed by atoms with Crippen LogP contribution < -0.4 is 5.32 Å². The summed E-state index contributed by atoms with van der Waals surface area (Å²) in [6.07, 6.45) is 3.53. The molecule has 1 nitrogen and oxygen atoms in total. The minimum Gasteiger partial charge on any atom is -0.382 e. The Morgan fingerprint density at radius 1 is 1.17 bits per heavy atom. The molecule has 0 radical (unpaired) electrons. The molecule has 0 saturated heterocycles. The topological polar surface area (TPSA) is 12.0 Å². The molecule has 2 aromatic rings. The van der Waals surface area contributed by atoms with E-state index in [1.54, 1.807) is 6.07 Å². The zero-order valence-electron chi connectivity index (χ0n) is 10.7. The van der Waals surface area contributed by atoms with Crippen LogP contribution in [0.25, 0.3) is 10.8 Å². The number of aryl methyl sites for hydroxylation is 1. The highest BCUT2D eigenvalue weighted by atomic mass is 19.1. The van der Waals surface area contributed by atoms with E-state index < -0.39 is 0 Å². The summed E-state index contributed by atoms with van der Waals surface area (Å²) in [4.78, 5) is 0. The SMILES string of the molecule is CCc1cccc2c(NCC3CC3)c(F)ccc12. The first kappa shape index (κ1) is 11.5. The Morgan fingerprint density at radius 2 is 2.00 bits per heavy atom. The van der Waals surface area contributed by atoms with Gasteiger partial charge in [-0.2, -0.15) is 0 Å². The fourth-order valence-electron chi connectivity index (χ4n) is 2.45. The summed E-state index contributed by atoms with van der Waals surface area (Å²) in [5.74, 6) is 0.602. The van der Waals surface area contributed by atoms with Crippen LogP contribution in [0.4, 0.5) is 10.1 Å². The van der Waals surface area contributed by atoms with E-state index >= 15 is 0 Å². The Bertz CT molecular complexity index is 573. The molecule has 0 aliphatic heterocycles. The van der Waals surface area contributed by atoms with Gasteiger partial charge in [0.15, 0.2) is 0 Å². The maximum Gasteiger partial charge on any atom is 0.146 e. The molecule has 94 valence electrons. The molecule has 2 aromatic carbocycles. The number of halogens is 1. The first-order valence-electron chi connectivity index (χ1n) is 6.73. The Kier molecular flexibility index (Phi) is 2.94. The van der Waals surface area contributed by atoms with E-state index in [-0.39, 0.29) is 5.82 Å².